The normalized spacial score (nSPS) is 12.2. The first-order valence-corrected chi connectivity index (χ1v) is 5.89. The molecule has 1 amide bonds. The predicted molar refractivity (Wildman–Crippen MR) is 64.4 cm³/mol. The Kier molecular flexibility index (Phi) is 5.71. The Morgan fingerprint density at radius 3 is 2.83 bits per heavy atom. The van der Waals surface area contributed by atoms with Gasteiger partial charge >= 0.3 is 0 Å². The Morgan fingerprint density at radius 1 is 1.44 bits per heavy atom. The van der Waals surface area contributed by atoms with Crippen molar-refractivity contribution < 1.29 is 18.3 Å². The summed E-state index contributed by atoms with van der Waals surface area (Å²) in [5.74, 6) is -2.02. The predicted octanol–water partition coefficient (Wildman–Crippen LogP) is 2.51. The molecule has 0 aromatic heterocycles. The summed E-state index contributed by atoms with van der Waals surface area (Å²) in [6, 6.07) is 2.78. The van der Waals surface area contributed by atoms with E-state index in [0.29, 0.717) is 6.61 Å². The van der Waals surface area contributed by atoms with Gasteiger partial charge in [0.2, 0.25) is 0 Å². The maximum absolute atomic E-state index is 13.3. The van der Waals surface area contributed by atoms with Gasteiger partial charge in [-0.25, -0.2) is 8.78 Å². The van der Waals surface area contributed by atoms with Crippen LogP contribution in [0, 0.1) is 11.6 Å². The summed E-state index contributed by atoms with van der Waals surface area (Å²) in [6.45, 7) is 4.64. The van der Waals surface area contributed by atoms with Crippen LogP contribution < -0.4 is 5.32 Å². The fraction of sp³-hybridized carbons (Fsp3) is 0.462. The second-order valence-corrected chi connectivity index (χ2v) is 4.02. The van der Waals surface area contributed by atoms with Crippen molar-refractivity contribution in [2.24, 2.45) is 0 Å². The first-order chi connectivity index (χ1) is 8.54. The minimum absolute atomic E-state index is 0.162. The van der Waals surface area contributed by atoms with E-state index in [9.17, 15) is 13.6 Å². The van der Waals surface area contributed by atoms with Gasteiger partial charge in [0.05, 0.1) is 11.7 Å². The summed E-state index contributed by atoms with van der Waals surface area (Å²) in [5, 5.41) is 2.51. The van der Waals surface area contributed by atoms with Crippen molar-refractivity contribution >= 4 is 5.91 Å². The zero-order valence-corrected chi connectivity index (χ0v) is 10.5. The zero-order valence-electron chi connectivity index (χ0n) is 10.5. The van der Waals surface area contributed by atoms with E-state index in [-0.39, 0.29) is 18.2 Å². The van der Waals surface area contributed by atoms with E-state index in [1.807, 2.05) is 6.92 Å². The average molecular weight is 257 g/mol. The van der Waals surface area contributed by atoms with Gasteiger partial charge in [0.25, 0.3) is 5.91 Å². The van der Waals surface area contributed by atoms with Crippen molar-refractivity contribution in [2.45, 2.75) is 26.4 Å². The van der Waals surface area contributed by atoms with Crippen molar-refractivity contribution in [3.05, 3.63) is 35.4 Å². The van der Waals surface area contributed by atoms with Crippen LogP contribution in [0.15, 0.2) is 18.2 Å². The van der Waals surface area contributed by atoms with Crippen LogP contribution in [0.4, 0.5) is 8.78 Å². The molecule has 0 heterocycles. The van der Waals surface area contributed by atoms with Gasteiger partial charge in [0.1, 0.15) is 11.6 Å². The van der Waals surface area contributed by atoms with E-state index in [0.717, 1.165) is 24.6 Å². The highest BCUT2D eigenvalue weighted by atomic mass is 19.1. The van der Waals surface area contributed by atoms with Gasteiger partial charge in [0.15, 0.2) is 0 Å². The van der Waals surface area contributed by atoms with Crippen molar-refractivity contribution in [2.75, 3.05) is 13.2 Å². The molecule has 5 heteroatoms. The summed E-state index contributed by atoms with van der Waals surface area (Å²) in [6.07, 6.45) is 0.724. The number of nitrogens with one attached hydrogen (secondary N) is 1. The molecule has 0 aliphatic rings. The van der Waals surface area contributed by atoms with Gasteiger partial charge < -0.3 is 10.1 Å². The molecule has 18 heavy (non-hydrogen) atoms. The number of ether oxygens (including phenoxy) is 1. The Hall–Kier alpha value is -1.49. The molecule has 3 nitrogen and oxygen atoms in total. The number of amides is 1. The van der Waals surface area contributed by atoms with Gasteiger partial charge in [-0.3, -0.25) is 4.79 Å². The van der Waals surface area contributed by atoms with Crippen LogP contribution in [0.1, 0.15) is 30.6 Å². The van der Waals surface area contributed by atoms with Crippen molar-refractivity contribution in [1.82, 2.24) is 5.32 Å². The molecule has 0 fully saturated rings. The summed E-state index contributed by atoms with van der Waals surface area (Å²) < 4.78 is 31.5. The van der Waals surface area contributed by atoms with Crippen LogP contribution >= 0.6 is 0 Å². The summed E-state index contributed by atoms with van der Waals surface area (Å²) in [4.78, 5) is 11.6. The molecule has 0 bridgehead atoms. The average Bonchev–Trinajstić information content (AvgIpc) is 2.36. The SMILES string of the molecule is CCCO[C@H](C)CNC(=O)c1cc(F)ccc1F. The molecule has 1 aromatic carbocycles. The molecule has 0 spiro atoms. The van der Waals surface area contributed by atoms with E-state index in [4.69, 9.17) is 4.74 Å². The molecule has 0 aliphatic carbocycles. The number of halogens is 2. The second-order valence-electron chi connectivity index (χ2n) is 4.02. The monoisotopic (exact) mass is 257 g/mol. The summed E-state index contributed by atoms with van der Waals surface area (Å²) in [7, 11) is 0. The molecule has 0 aliphatic heterocycles. The lowest BCUT2D eigenvalue weighted by Crippen LogP contribution is -2.32. The van der Waals surface area contributed by atoms with E-state index in [2.05, 4.69) is 5.32 Å². The van der Waals surface area contributed by atoms with Crippen LogP contribution in [0.25, 0.3) is 0 Å². The zero-order chi connectivity index (χ0) is 13.5. The highest BCUT2D eigenvalue weighted by Gasteiger charge is 2.13. The highest BCUT2D eigenvalue weighted by Crippen LogP contribution is 2.09. The molecule has 0 saturated heterocycles. The number of hydrogen-bond acceptors (Lipinski definition) is 2. The fourth-order valence-corrected chi connectivity index (χ4v) is 1.38. The van der Waals surface area contributed by atoms with Crippen molar-refractivity contribution in [3.63, 3.8) is 0 Å². The Bertz CT molecular complexity index is 410. The van der Waals surface area contributed by atoms with Gasteiger partial charge in [-0.15, -0.1) is 0 Å². The number of benzene rings is 1. The Morgan fingerprint density at radius 2 is 2.17 bits per heavy atom. The lowest BCUT2D eigenvalue weighted by atomic mass is 10.2. The van der Waals surface area contributed by atoms with Crippen LogP contribution in [0.5, 0.6) is 0 Å². The van der Waals surface area contributed by atoms with Crippen molar-refractivity contribution in [3.8, 4) is 0 Å². The molecule has 1 N–H and O–H groups in total. The number of carbonyl (C=O) groups excluding carboxylic acids is 1. The van der Waals surface area contributed by atoms with E-state index in [1.54, 1.807) is 6.92 Å². The quantitative estimate of drug-likeness (QED) is 0.850. The van der Waals surface area contributed by atoms with Crippen LogP contribution in [0.2, 0.25) is 0 Å². The van der Waals surface area contributed by atoms with Gasteiger partial charge in [-0.2, -0.15) is 0 Å². The largest absolute Gasteiger partial charge is 0.377 e. The third-order valence-electron chi connectivity index (χ3n) is 2.33. The highest BCUT2D eigenvalue weighted by molar-refractivity contribution is 5.94. The topological polar surface area (TPSA) is 38.3 Å². The fourth-order valence-electron chi connectivity index (χ4n) is 1.38. The Labute approximate surface area is 105 Å². The molecule has 1 atom stereocenters. The first kappa shape index (κ1) is 14.6. The molecule has 0 unspecified atom stereocenters. The number of carbonyl (C=O) groups is 1. The molecular weight excluding hydrogens is 240 g/mol. The van der Waals surface area contributed by atoms with Crippen LogP contribution in [0.3, 0.4) is 0 Å². The molecule has 100 valence electrons. The van der Waals surface area contributed by atoms with Crippen LogP contribution in [-0.2, 0) is 4.74 Å². The Balaban J connectivity index is 2.52. The first-order valence-electron chi connectivity index (χ1n) is 5.89. The standard InChI is InChI=1S/C13H17F2NO2/c1-3-6-18-9(2)8-16-13(17)11-7-10(14)4-5-12(11)15/h4-5,7,9H,3,6,8H2,1-2H3,(H,16,17)/t9-/m1/s1. The van der Waals surface area contributed by atoms with Gasteiger partial charge in [0, 0.05) is 13.2 Å². The molecule has 1 rings (SSSR count). The van der Waals surface area contributed by atoms with Crippen molar-refractivity contribution in [1.29, 1.82) is 0 Å². The molecule has 0 saturated carbocycles. The summed E-state index contributed by atoms with van der Waals surface area (Å²) in [5.41, 5.74) is -0.294. The van der Waals surface area contributed by atoms with Gasteiger partial charge in [-0.05, 0) is 31.5 Å². The third-order valence-corrected chi connectivity index (χ3v) is 2.33. The molecule has 1 aromatic rings. The van der Waals surface area contributed by atoms with E-state index < -0.39 is 17.5 Å². The number of rotatable bonds is 6. The second kappa shape index (κ2) is 7.06. The minimum Gasteiger partial charge on any atom is -0.377 e. The maximum atomic E-state index is 13.3. The van der Waals surface area contributed by atoms with E-state index >= 15 is 0 Å². The maximum Gasteiger partial charge on any atom is 0.254 e. The smallest absolute Gasteiger partial charge is 0.254 e. The summed E-state index contributed by atoms with van der Waals surface area (Å²) >= 11 is 0. The minimum atomic E-state index is -0.740. The number of hydrogen-bond donors (Lipinski definition) is 1. The van der Waals surface area contributed by atoms with Gasteiger partial charge in [-0.1, -0.05) is 6.92 Å². The third kappa shape index (κ3) is 4.41. The lowest BCUT2D eigenvalue weighted by Gasteiger charge is -2.13. The molecule has 0 radical (unpaired) electrons. The van der Waals surface area contributed by atoms with Crippen LogP contribution in [-0.4, -0.2) is 25.2 Å². The van der Waals surface area contributed by atoms with E-state index in [1.165, 1.54) is 0 Å². The lowest BCUT2D eigenvalue weighted by molar-refractivity contribution is 0.0621. The molecular formula is C13H17F2NO2.